The van der Waals surface area contributed by atoms with E-state index in [9.17, 15) is 61.5 Å². The molecule has 0 aliphatic rings. The van der Waals surface area contributed by atoms with Crippen LogP contribution >= 0.6 is 0 Å². The second-order valence-electron chi connectivity index (χ2n) is 3.36. The zero-order chi connectivity index (χ0) is 18.4. The third-order valence-electron chi connectivity index (χ3n) is 1.84. The lowest BCUT2D eigenvalue weighted by Gasteiger charge is -2.35. The molecule has 0 rings (SSSR count). The Bertz CT molecular complexity index is 418. The molecule has 0 radical (unpaired) electrons. The summed E-state index contributed by atoms with van der Waals surface area (Å²) in [7, 11) is 0. The molecule has 0 saturated heterocycles. The van der Waals surface area contributed by atoms with Crippen molar-refractivity contribution in [2.45, 2.75) is 30.3 Å². The van der Waals surface area contributed by atoms with Gasteiger partial charge in [-0.2, -0.15) is 57.1 Å². The van der Waals surface area contributed by atoms with E-state index < -0.39 is 42.1 Å². The summed E-state index contributed by atoms with van der Waals surface area (Å²) >= 11 is 0. The first-order chi connectivity index (χ1) is 9.29. The molecule has 0 unspecified atom stereocenters. The third kappa shape index (κ3) is 3.48. The van der Waals surface area contributed by atoms with Gasteiger partial charge in [0.15, 0.2) is 0 Å². The first-order valence-electron chi connectivity index (χ1n) is 4.30. The molecule has 0 heterocycles. The topological polar surface area (TPSA) is 9.23 Å². The fourth-order valence-electron chi connectivity index (χ4n) is 0.893. The van der Waals surface area contributed by atoms with E-state index in [1.807, 2.05) is 0 Å². The van der Waals surface area contributed by atoms with Crippen LogP contribution in [0.3, 0.4) is 0 Å². The second-order valence-corrected chi connectivity index (χ2v) is 3.36. The van der Waals surface area contributed by atoms with Crippen LogP contribution in [0.2, 0.25) is 0 Å². The van der Waals surface area contributed by atoms with Crippen molar-refractivity contribution in [2.24, 2.45) is 0 Å². The molecular formula is C7F14O. The molecule has 0 aliphatic carbocycles. The molecule has 132 valence electrons. The molecule has 0 aromatic carbocycles. The Balaban J connectivity index is 6.15. The predicted molar refractivity (Wildman–Crippen MR) is 37.3 cm³/mol. The average Bonchev–Trinajstić information content (AvgIpc) is 2.19. The Morgan fingerprint density at radius 2 is 0.909 bits per heavy atom. The SMILES string of the molecule is FC(F)=C(OC(F)(F)C(F)(C(F)(F)F)C(F)(F)F)C(F)(F)F. The van der Waals surface area contributed by atoms with Crippen molar-refractivity contribution in [3.05, 3.63) is 11.8 Å². The van der Waals surface area contributed by atoms with Crippen molar-refractivity contribution in [2.75, 3.05) is 0 Å². The lowest BCUT2D eigenvalue weighted by Crippen LogP contribution is -2.65. The largest absolute Gasteiger partial charge is 0.454 e. The number of rotatable bonds is 3. The van der Waals surface area contributed by atoms with Gasteiger partial charge in [0.25, 0.3) is 5.76 Å². The van der Waals surface area contributed by atoms with E-state index in [2.05, 4.69) is 0 Å². The fraction of sp³-hybridized carbons (Fsp3) is 0.714. The summed E-state index contributed by atoms with van der Waals surface area (Å²) in [6.45, 7) is 0. The molecule has 22 heavy (non-hydrogen) atoms. The van der Waals surface area contributed by atoms with Crippen molar-refractivity contribution in [1.29, 1.82) is 0 Å². The maximum absolute atomic E-state index is 12.8. The first kappa shape index (κ1) is 20.6. The molecule has 0 aliphatic heterocycles. The van der Waals surface area contributed by atoms with E-state index in [1.54, 1.807) is 4.74 Å². The molecule has 0 aromatic rings. The normalized spacial score (nSPS) is 14.8. The lowest BCUT2D eigenvalue weighted by atomic mass is 10.0. The van der Waals surface area contributed by atoms with E-state index in [0.717, 1.165) is 0 Å². The Morgan fingerprint density at radius 1 is 0.591 bits per heavy atom. The smallest absolute Gasteiger partial charge is 0.419 e. The number of hydrogen-bond acceptors (Lipinski definition) is 1. The molecule has 0 bridgehead atoms. The predicted octanol–water partition coefficient (Wildman–Crippen LogP) is 5.10. The van der Waals surface area contributed by atoms with Crippen molar-refractivity contribution < 1.29 is 66.2 Å². The molecule has 0 atom stereocenters. The van der Waals surface area contributed by atoms with E-state index in [1.165, 1.54) is 0 Å². The van der Waals surface area contributed by atoms with Gasteiger partial charge in [0.2, 0.25) is 0 Å². The number of halogens is 14. The van der Waals surface area contributed by atoms with Gasteiger partial charge in [-0.05, 0) is 0 Å². The van der Waals surface area contributed by atoms with E-state index >= 15 is 0 Å². The van der Waals surface area contributed by atoms with Gasteiger partial charge in [-0.25, -0.2) is 4.39 Å². The van der Waals surface area contributed by atoms with Gasteiger partial charge < -0.3 is 4.74 Å². The minimum Gasteiger partial charge on any atom is -0.419 e. The quantitative estimate of drug-likeness (QED) is 0.499. The van der Waals surface area contributed by atoms with E-state index in [4.69, 9.17) is 0 Å². The molecule has 0 spiro atoms. The summed E-state index contributed by atoms with van der Waals surface area (Å²) in [5.74, 6) is -4.20. The van der Waals surface area contributed by atoms with Crippen LogP contribution in [0.15, 0.2) is 11.8 Å². The third-order valence-corrected chi connectivity index (χ3v) is 1.84. The highest BCUT2D eigenvalue weighted by Crippen LogP contribution is 2.56. The van der Waals surface area contributed by atoms with Crippen LogP contribution in [0.4, 0.5) is 61.5 Å². The monoisotopic (exact) mass is 366 g/mol. The van der Waals surface area contributed by atoms with Crippen molar-refractivity contribution in [3.63, 3.8) is 0 Å². The summed E-state index contributed by atoms with van der Waals surface area (Å²) < 4.78 is 170. The second kappa shape index (κ2) is 5.33. The number of alkyl halides is 12. The summed E-state index contributed by atoms with van der Waals surface area (Å²) in [6, 6.07) is 0. The van der Waals surface area contributed by atoms with Gasteiger partial charge in [-0.15, -0.1) is 0 Å². The highest BCUT2D eigenvalue weighted by Gasteiger charge is 2.87. The van der Waals surface area contributed by atoms with Gasteiger partial charge in [0.05, 0.1) is 0 Å². The van der Waals surface area contributed by atoms with Gasteiger partial charge in [0, 0.05) is 0 Å². The Kier molecular flexibility index (Phi) is 4.98. The van der Waals surface area contributed by atoms with E-state index in [0.29, 0.717) is 0 Å². The standard InChI is InChI=1S/C7F14O/c8-2(9)1(3(10,11)12)22-7(20,21)4(13,5(14,15)16)6(17,18)19. The zero-order valence-corrected chi connectivity index (χ0v) is 9.20. The number of allylic oxidation sites excluding steroid dienone is 1. The molecule has 0 amide bonds. The van der Waals surface area contributed by atoms with E-state index in [-0.39, 0.29) is 0 Å². The molecule has 0 aromatic heterocycles. The van der Waals surface area contributed by atoms with Crippen LogP contribution < -0.4 is 0 Å². The maximum Gasteiger partial charge on any atom is 0.454 e. The Labute approximate surface area is 110 Å². The maximum atomic E-state index is 12.8. The van der Waals surface area contributed by atoms with Crippen molar-refractivity contribution >= 4 is 0 Å². The van der Waals surface area contributed by atoms with Crippen LogP contribution in [0.1, 0.15) is 0 Å². The molecule has 1 nitrogen and oxygen atoms in total. The zero-order valence-electron chi connectivity index (χ0n) is 9.20. The molecule has 0 N–H and O–H groups in total. The van der Waals surface area contributed by atoms with Gasteiger partial charge in [-0.3, -0.25) is 0 Å². The summed E-state index contributed by atoms with van der Waals surface area (Å²) in [5, 5.41) is 0. The van der Waals surface area contributed by atoms with Gasteiger partial charge in [-0.1, -0.05) is 0 Å². The molecule has 0 saturated carbocycles. The Hall–Kier alpha value is -1.44. The van der Waals surface area contributed by atoms with Crippen LogP contribution in [0.5, 0.6) is 0 Å². The van der Waals surface area contributed by atoms with Crippen LogP contribution in [-0.2, 0) is 4.74 Å². The van der Waals surface area contributed by atoms with Crippen molar-refractivity contribution in [3.8, 4) is 0 Å². The summed E-state index contributed by atoms with van der Waals surface area (Å²) in [5.41, 5.74) is -7.67. The van der Waals surface area contributed by atoms with Crippen molar-refractivity contribution in [1.82, 2.24) is 0 Å². The fourth-order valence-corrected chi connectivity index (χ4v) is 0.893. The first-order valence-corrected chi connectivity index (χ1v) is 4.30. The highest BCUT2D eigenvalue weighted by molar-refractivity contribution is 5.07. The van der Waals surface area contributed by atoms with Crippen LogP contribution in [-0.4, -0.2) is 30.3 Å². The minimum absolute atomic E-state index is 1.74. The minimum atomic E-state index is -7.67. The van der Waals surface area contributed by atoms with Crippen LogP contribution in [0.25, 0.3) is 0 Å². The summed E-state index contributed by atoms with van der Waals surface area (Å²) in [4.78, 5) is 0. The molecular weight excluding hydrogens is 366 g/mol. The molecule has 15 heteroatoms. The molecule has 0 fully saturated rings. The van der Waals surface area contributed by atoms with Crippen LogP contribution in [0, 0.1) is 0 Å². The number of ether oxygens (including phenoxy) is 1. The summed E-state index contributed by atoms with van der Waals surface area (Å²) in [6.07, 6.45) is -33.3. The van der Waals surface area contributed by atoms with Gasteiger partial charge in [0.1, 0.15) is 0 Å². The Morgan fingerprint density at radius 3 is 1.09 bits per heavy atom. The lowest BCUT2D eigenvalue weighted by molar-refractivity contribution is -0.447. The number of hydrogen-bond donors (Lipinski definition) is 0. The highest BCUT2D eigenvalue weighted by atomic mass is 19.4. The average molecular weight is 366 g/mol. The van der Waals surface area contributed by atoms with Gasteiger partial charge >= 0.3 is 36.4 Å².